The molecular weight excluding hydrogens is 424 g/mol. The molecule has 2 aliphatic heterocycles. The molecule has 4 aliphatic rings. The SMILES string of the molecule is C=C(C)[C@H]1CC[C@H]([C@H]2CC/C(=C/CC/C=C3/CC[C@H]([C@H]4CC[C@H](C(=C)C)[C@@H]4O)OC3)CO2)[C@H]1O. The van der Waals surface area contributed by atoms with Gasteiger partial charge in [0.2, 0.25) is 0 Å². The third-order valence-electron chi connectivity index (χ3n) is 9.04. The molecule has 0 amide bonds. The summed E-state index contributed by atoms with van der Waals surface area (Å²) in [5.74, 6) is 1.02. The summed E-state index contributed by atoms with van der Waals surface area (Å²) in [7, 11) is 0. The van der Waals surface area contributed by atoms with Gasteiger partial charge in [0.25, 0.3) is 0 Å². The number of ether oxygens (including phenoxy) is 2. The topological polar surface area (TPSA) is 58.9 Å². The Kier molecular flexibility index (Phi) is 8.90. The van der Waals surface area contributed by atoms with Gasteiger partial charge in [0.15, 0.2) is 0 Å². The van der Waals surface area contributed by atoms with Gasteiger partial charge >= 0.3 is 0 Å². The van der Waals surface area contributed by atoms with E-state index in [2.05, 4.69) is 25.3 Å². The van der Waals surface area contributed by atoms with Crippen LogP contribution in [0, 0.1) is 23.7 Å². The van der Waals surface area contributed by atoms with Crippen LogP contribution in [0.5, 0.6) is 0 Å². The fraction of sp³-hybridized carbons (Fsp3) is 0.733. The van der Waals surface area contributed by atoms with Crippen molar-refractivity contribution in [3.63, 3.8) is 0 Å². The summed E-state index contributed by atoms with van der Waals surface area (Å²) in [5, 5.41) is 21.3. The highest BCUT2D eigenvalue weighted by atomic mass is 16.5. The van der Waals surface area contributed by atoms with Crippen LogP contribution in [0.2, 0.25) is 0 Å². The zero-order valence-electron chi connectivity index (χ0n) is 21.4. The molecule has 4 heteroatoms. The Morgan fingerprint density at radius 1 is 0.735 bits per heavy atom. The fourth-order valence-corrected chi connectivity index (χ4v) is 6.88. The molecular formula is C30H46O4. The Hall–Kier alpha value is -1.20. The Morgan fingerprint density at radius 2 is 1.15 bits per heavy atom. The second kappa shape index (κ2) is 11.7. The van der Waals surface area contributed by atoms with Gasteiger partial charge in [-0.05, 0) is 89.2 Å². The first-order valence-corrected chi connectivity index (χ1v) is 13.6. The van der Waals surface area contributed by atoms with E-state index in [-0.39, 0.29) is 48.1 Å². The normalized spacial score (nSPS) is 41.3. The maximum absolute atomic E-state index is 10.7. The first-order chi connectivity index (χ1) is 16.3. The van der Waals surface area contributed by atoms with E-state index in [1.165, 1.54) is 11.1 Å². The standard InChI is InChI=1S/C30H46O4/c1-19(2)23-11-13-25(29(23)31)27-15-9-21(17-33-27)7-5-6-8-22-10-16-28(34-18-22)26-14-12-24(20(3)4)30(26)32/h7-8,23-32H,1,3,5-6,9-18H2,2,4H3/b21-7-,22-8-/t23-,24-,25-,26-,27-,28-,29+,30+/m1/s1. The van der Waals surface area contributed by atoms with Crippen molar-refractivity contribution in [3.05, 3.63) is 47.6 Å². The van der Waals surface area contributed by atoms with Gasteiger partial charge < -0.3 is 19.7 Å². The van der Waals surface area contributed by atoms with Crippen molar-refractivity contribution in [2.45, 2.75) is 102 Å². The summed E-state index contributed by atoms with van der Waals surface area (Å²) in [4.78, 5) is 0. The lowest BCUT2D eigenvalue weighted by Gasteiger charge is -2.32. The minimum atomic E-state index is -0.290. The molecule has 0 spiro atoms. The molecule has 2 N–H and O–H groups in total. The molecule has 2 saturated carbocycles. The number of aliphatic hydroxyl groups is 2. The van der Waals surface area contributed by atoms with Crippen LogP contribution in [0.4, 0.5) is 0 Å². The summed E-state index contributed by atoms with van der Waals surface area (Å²) >= 11 is 0. The van der Waals surface area contributed by atoms with Crippen LogP contribution in [0.1, 0.15) is 78.1 Å². The van der Waals surface area contributed by atoms with Crippen molar-refractivity contribution >= 4 is 0 Å². The molecule has 190 valence electrons. The number of hydrogen-bond donors (Lipinski definition) is 2. The lowest BCUT2D eigenvalue weighted by molar-refractivity contribution is -0.0395. The van der Waals surface area contributed by atoms with Crippen molar-refractivity contribution in [2.75, 3.05) is 13.2 Å². The largest absolute Gasteiger partial charge is 0.392 e. The van der Waals surface area contributed by atoms with Crippen molar-refractivity contribution in [1.29, 1.82) is 0 Å². The van der Waals surface area contributed by atoms with Gasteiger partial charge in [-0.25, -0.2) is 0 Å². The van der Waals surface area contributed by atoms with Crippen LogP contribution >= 0.6 is 0 Å². The molecule has 4 fully saturated rings. The van der Waals surface area contributed by atoms with Crippen molar-refractivity contribution in [2.24, 2.45) is 23.7 Å². The molecule has 2 aliphatic carbocycles. The number of allylic oxidation sites excluding steroid dienone is 2. The molecule has 2 heterocycles. The van der Waals surface area contributed by atoms with Gasteiger partial charge in [0, 0.05) is 23.7 Å². The quantitative estimate of drug-likeness (QED) is 0.359. The first-order valence-electron chi connectivity index (χ1n) is 13.6. The molecule has 0 unspecified atom stereocenters. The van der Waals surface area contributed by atoms with Crippen LogP contribution < -0.4 is 0 Å². The lowest BCUT2D eigenvalue weighted by Crippen LogP contribution is -2.35. The summed E-state index contributed by atoms with van der Waals surface area (Å²) in [5.41, 5.74) is 5.01. The predicted molar refractivity (Wildman–Crippen MR) is 137 cm³/mol. The van der Waals surface area contributed by atoms with E-state index in [1.807, 2.05) is 13.8 Å². The Bertz CT molecular complexity index is 710. The van der Waals surface area contributed by atoms with Gasteiger partial charge in [-0.15, -0.1) is 0 Å². The monoisotopic (exact) mass is 470 g/mol. The smallest absolute Gasteiger partial charge is 0.0680 e. The molecule has 0 bridgehead atoms. The van der Waals surface area contributed by atoms with E-state index in [0.29, 0.717) is 13.2 Å². The average Bonchev–Trinajstić information content (AvgIpc) is 3.40. The molecule has 4 nitrogen and oxygen atoms in total. The molecule has 0 aromatic carbocycles. The number of rotatable bonds is 7. The second-order valence-electron chi connectivity index (χ2n) is 11.4. The molecule has 4 rings (SSSR count). The molecule has 34 heavy (non-hydrogen) atoms. The van der Waals surface area contributed by atoms with E-state index < -0.39 is 0 Å². The van der Waals surface area contributed by atoms with Gasteiger partial charge in [-0.1, -0.05) is 36.5 Å². The third kappa shape index (κ3) is 5.95. The third-order valence-corrected chi connectivity index (χ3v) is 9.04. The van der Waals surface area contributed by atoms with Gasteiger partial charge in [0.05, 0.1) is 37.6 Å². The highest BCUT2D eigenvalue weighted by molar-refractivity contribution is 5.12. The van der Waals surface area contributed by atoms with Gasteiger partial charge in [-0.2, -0.15) is 0 Å². The number of hydrogen-bond acceptors (Lipinski definition) is 4. The van der Waals surface area contributed by atoms with Crippen molar-refractivity contribution in [1.82, 2.24) is 0 Å². The van der Waals surface area contributed by atoms with Crippen molar-refractivity contribution < 1.29 is 19.7 Å². The summed E-state index contributed by atoms with van der Waals surface area (Å²) in [6, 6.07) is 0. The second-order valence-corrected chi connectivity index (χ2v) is 11.4. The maximum atomic E-state index is 10.7. The molecule has 0 aromatic heterocycles. The van der Waals surface area contributed by atoms with Gasteiger partial charge in [-0.3, -0.25) is 0 Å². The summed E-state index contributed by atoms with van der Waals surface area (Å²) in [6.45, 7) is 13.6. The van der Waals surface area contributed by atoms with E-state index in [1.54, 1.807) is 0 Å². The van der Waals surface area contributed by atoms with Crippen molar-refractivity contribution in [3.8, 4) is 0 Å². The maximum Gasteiger partial charge on any atom is 0.0680 e. The first kappa shape index (κ1) is 25.9. The highest BCUT2D eigenvalue weighted by Crippen LogP contribution is 2.42. The van der Waals surface area contributed by atoms with Crippen LogP contribution in [-0.2, 0) is 9.47 Å². The average molecular weight is 471 g/mol. The van der Waals surface area contributed by atoms with E-state index >= 15 is 0 Å². The molecule has 8 atom stereocenters. The van der Waals surface area contributed by atoms with Crippen LogP contribution in [0.25, 0.3) is 0 Å². The van der Waals surface area contributed by atoms with Gasteiger partial charge in [0.1, 0.15) is 0 Å². The zero-order valence-corrected chi connectivity index (χ0v) is 21.4. The number of aliphatic hydroxyl groups excluding tert-OH is 2. The Balaban J connectivity index is 1.15. The molecule has 2 saturated heterocycles. The minimum Gasteiger partial charge on any atom is -0.392 e. The van der Waals surface area contributed by atoms with E-state index in [4.69, 9.17) is 9.47 Å². The summed E-state index contributed by atoms with van der Waals surface area (Å²) < 4.78 is 12.4. The van der Waals surface area contributed by atoms with E-state index in [0.717, 1.165) is 75.4 Å². The highest BCUT2D eigenvalue weighted by Gasteiger charge is 2.41. The van der Waals surface area contributed by atoms with Crippen LogP contribution in [0.15, 0.2) is 47.6 Å². The Morgan fingerprint density at radius 3 is 1.44 bits per heavy atom. The Labute approximate surface area is 206 Å². The molecule has 0 radical (unpaired) electrons. The fourth-order valence-electron chi connectivity index (χ4n) is 6.88. The predicted octanol–water partition coefficient (Wildman–Crippen LogP) is 5.90. The lowest BCUT2D eigenvalue weighted by atomic mass is 9.88. The zero-order chi connectivity index (χ0) is 24.2. The minimum absolute atomic E-state index is 0.190. The van der Waals surface area contributed by atoms with Crippen LogP contribution in [-0.4, -0.2) is 47.8 Å². The van der Waals surface area contributed by atoms with Crippen LogP contribution in [0.3, 0.4) is 0 Å². The summed E-state index contributed by atoms with van der Waals surface area (Å²) in [6.07, 6.45) is 15.0. The molecule has 0 aromatic rings. The van der Waals surface area contributed by atoms with E-state index in [9.17, 15) is 10.2 Å². The number of unbranched alkanes of at least 4 members (excludes halogenated alkanes) is 1.